The number of hydrogen-bond donors (Lipinski definition) is 1. The van der Waals surface area contributed by atoms with Gasteiger partial charge < -0.3 is 9.84 Å². The number of carboxylic acid groups (broad SMARTS) is 1. The van der Waals surface area contributed by atoms with Crippen molar-refractivity contribution in [1.29, 1.82) is 0 Å². The highest BCUT2D eigenvalue weighted by molar-refractivity contribution is 5.88. The molecule has 14 heavy (non-hydrogen) atoms. The van der Waals surface area contributed by atoms with Gasteiger partial charge in [0.25, 0.3) is 0 Å². The first-order valence-corrected chi connectivity index (χ1v) is 4.38. The molecule has 1 heterocycles. The van der Waals surface area contributed by atoms with Crippen molar-refractivity contribution in [3.63, 3.8) is 0 Å². The van der Waals surface area contributed by atoms with Crippen LogP contribution in [0, 0.1) is 0 Å². The molecule has 0 fully saturated rings. The van der Waals surface area contributed by atoms with Crippen molar-refractivity contribution in [2.45, 2.75) is 26.6 Å². The molecule has 1 N–H and O–H groups in total. The van der Waals surface area contributed by atoms with Crippen LogP contribution in [0.2, 0.25) is 0 Å². The van der Waals surface area contributed by atoms with E-state index >= 15 is 0 Å². The van der Waals surface area contributed by atoms with E-state index in [1.807, 2.05) is 13.8 Å². The van der Waals surface area contributed by atoms with Crippen LogP contribution in [0.1, 0.15) is 29.9 Å². The molecule has 0 aromatic carbocycles. The summed E-state index contributed by atoms with van der Waals surface area (Å²) in [6.07, 6.45) is 1.41. The smallest absolute Gasteiger partial charge is 0.339 e. The standard InChI is InChI=1S/C9H14N2O3/c1-6(2)14-5-8-7(9(12)13)4-10-11(8)3/h4,6H,5H2,1-3H3,(H,12,13). The number of carbonyl (C=O) groups is 1. The Hall–Kier alpha value is -1.36. The number of aromatic nitrogens is 2. The lowest BCUT2D eigenvalue weighted by Crippen LogP contribution is -2.10. The molecule has 0 amide bonds. The quantitative estimate of drug-likeness (QED) is 0.785. The molecule has 0 atom stereocenters. The number of carboxylic acids is 1. The normalized spacial score (nSPS) is 10.9. The van der Waals surface area contributed by atoms with Gasteiger partial charge in [0.1, 0.15) is 5.56 Å². The van der Waals surface area contributed by atoms with Gasteiger partial charge in [0.15, 0.2) is 0 Å². The summed E-state index contributed by atoms with van der Waals surface area (Å²) in [6.45, 7) is 4.07. The van der Waals surface area contributed by atoms with Gasteiger partial charge in [-0.3, -0.25) is 4.68 Å². The zero-order valence-corrected chi connectivity index (χ0v) is 8.52. The third-order valence-corrected chi connectivity index (χ3v) is 1.85. The Morgan fingerprint density at radius 1 is 1.71 bits per heavy atom. The lowest BCUT2D eigenvalue weighted by Gasteiger charge is -2.08. The summed E-state index contributed by atoms with van der Waals surface area (Å²) in [7, 11) is 1.70. The van der Waals surface area contributed by atoms with Crippen LogP contribution < -0.4 is 0 Å². The first kappa shape index (κ1) is 10.7. The summed E-state index contributed by atoms with van der Waals surface area (Å²) >= 11 is 0. The maximum Gasteiger partial charge on any atom is 0.339 e. The Morgan fingerprint density at radius 3 is 2.86 bits per heavy atom. The molecular weight excluding hydrogens is 184 g/mol. The molecule has 5 nitrogen and oxygen atoms in total. The van der Waals surface area contributed by atoms with Crippen molar-refractivity contribution in [2.75, 3.05) is 0 Å². The summed E-state index contributed by atoms with van der Waals surface area (Å²) in [5.41, 5.74) is 0.791. The molecule has 78 valence electrons. The van der Waals surface area contributed by atoms with E-state index in [1.54, 1.807) is 7.05 Å². The molecule has 0 saturated heterocycles. The van der Waals surface area contributed by atoms with Crippen molar-refractivity contribution in [3.05, 3.63) is 17.5 Å². The monoisotopic (exact) mass is 198 g/mol. The second kappa shape index (κ2) is 4.23. The Morgan fingerprint density at radius 2 is 2.36 bits per heavy atom. The van der Waals surface area contributed by atoms with E-state index in [4.69, 9.17) is 9.84 Å². The Kier molecular flexibility index (Phi) is 3.24. The van der Waals surface area contributed by atoms with E-state index < -0.39 is 5.97 Å². The number of rotatable bonds is 4. The van der Waals surface area contributed by atoms with Gasteiger partial charge in [-0.2, -0.15) is 5.10 Å². The van der Waals surface area contributed by atoms with Crippen molar-refractivity contribution >= 4 is 5.97 Å². The van der Waals surface area contributed by atoms with Crippen molar-refractivity contribution < 1.29 is 14.6 Å². The molecule has 0 spiro atoms. The molecule has 0 radical (unpaired) electrons. The molecule has 1 rings (SSSR count). The van der Waals surface area contributed by atoms with E-state index in [9.17, 15) is 4.79 Å². The maximum atomic E-state index is 10.8. The summed E-state index contributed by atoms with van der Waals surface area (Å²) < 4.78 is 6.85. The van der Waals surface area contributed by atoms with Crippen LogP contribution in [0.5, 0.6) is 0 Å². The van der Waals surface area contributed by atoms with Gasteiger partial charge in [-0.25, -0.2) is 4.79 Å². The van der Waals surface area contributed by atoms with Gasteiger partial charge >= 0.3 is 5.97 Å². The lowest BCUT2D eigenvalue weighted by molar-refractivity contribution is 0.0576. The van der Waals surface area contributed by atoms with Crippen LogP contribution in [0.4, 0.5) is 0 Å². The van der Waals surface area contributed by atoms with E-state index in [0.717, 1.165) is 0 Å². The molecular formula is C9H14N2O3. The minimum Gasteiger partial charge on any atom is -0.478 e. The maximum absolute atomic E-state index is 10.8. The second-order valence-electron chi connectivity index (χ2n) is 3.29. The van der Waals surface area contributed by atoms with E-state index in [2.05, 4.69) is 5.10 Å². The Balaban J connectivity index is 2.83. The second-order valence-corrected chi connectivity index (χ2v) is 3.29. The molecule has 5 heteroatoms. The zero-order valence-electron chi connectivity index (χ0n) is 8.52. The number of ether oxygens (including phenoxy) is 1. The molecule has 0 saturated carbocycles. The summed E-state index contributed by atoms with van der Waals surface area (Å²) in [4.78, 5) is 10.8. The first-order chi connectivity index (χ1) is 6.52. The number of aromatic carboxylic acids is 1. The van der Waals surface area contributed by atoms with Crippen molar-refractivity contribution in [3.8, 4) is 0 Å². The van der Waals surface area contributed by atoms with Crippen molar-refractivity contribution in [1.82, 2.24) is 9.78 Å². The van der Waals surface area contributed by atoms with Crippen molar-refractivity contribution in [2.24, 2.45) is 7.05 Å². The highest BCUT2D eigenvalue weighted by atomic mass is 16.5. The van der Waals surface area contributed by atoms with Crippen LogP contribution in [0.3, 0.4) is 0 Å². The van der Waals surface area contributed by atoms with Gasteiger partial charge in [-0.1, -0.05) is 0 Å². The van der Waals surface area contributed by atoms with Crippen LogP contribution >= 0.6 is 0 Å². The summed E-state index contributed by atoms with van der Waals surface area (Å²) in [5.74, 6) is -0.972. The van der Waals surface area contributed by atoms with Crippen LogP contribution in [-0.2, 0) is 18.4 Å². The van der Waals surface area contributed by atoms with Gasteiger partial charge in [-0.15, -0.1) is 0 Å². The van der Waals surface area contributed by atoms with Gasteiger partial charge in [-0.05, 0) is 13.8 Å². The SMILES string of the molecule is CC(C)OCc1c(C(=O)O)cnn1C. The fourth-order valence-corrected chi connectivity index (χ4v) is 1.06. The van der Waals surface area contributed by atoms with E-state index in [0.29, 0.717) is 5.69 Å². The summed E-state index contributed by atoms with van der Waals surface area (Å²) in [5, 5.41) is 12.7. The molecule has 0 aliphatic rings. The average Bonchev–Trinajstić information content (AvgIpc) is 2.43. The number of nitrogens with zero attached hydrogens (tertiary/aromatic N) is 2. The van der Waals surface area contributed by atoms with Gasteiger partial charge in [0, 0.05) is 7.05 Å². The van der Waals surface area contributed by atoms with Crippen LogP contribution in [0.15, 0.2) is 6.20 Å². The van der Waals surface area contributed by atoms with Gasteiger partial charge in [0.05, 0.1) is 24.6 Å². The van der Waals surface area contributed by atoms with Crippen LogP contribution in [0.25, 0.3) is 0 Å². The van der Waals surface area contributed by atoms with Crippen LogP contribution in [-0.4, -0.2) is 27.0 Å². The predicted molar refractivity (Wildman–Crippen MR) is 50.1 cm³/mol. The zero-order chi connectivity index (χ0) is 10.7. The molecule has 1 aromatic heterocycles. The highest BCUT2D eigenvalue weighted by Gasteiger charge is 2.15. The molecule has 0 bridgehead atoms. The third kappa shape index (κ3) is 2.32. The number of hydrogen-bond acceptors (Lipinski definition) is 3. The fourth-order valence-electron chi connectivity index (χ4n) is 1.06. The predicted octanol–water partition coefficient (Wildman–Crippen LogP) is 1.04. The molecule has 1 aromatic rings. The number of aryl methyl sites for hydroxylation is 1. The van der Waals surface area contributed by atoms with E-state index in [-0.39, 0.29) is 18.3 Å². The minimum atomic E-state index is -0.972. The highest BCUT2D eigenvalue weighted by Crippen LogP contribution is 2.09. The molecule has 0 aliphatic carbocycles. The van der Waals surface area contributed by atoms with Gasteiger partial charge in [0.2, 0.25) is 0 Å². The topological polar surface area (TPSA) is 64.3 Å². The fraction of sp³-hybridized carbons (Fsp3) is 0.556. The summed E-state index contributed by atoms with van der Waals surface area (Å²) in [6, 6.07) is 0. The third-order valence-electron chi connectivity index (χ3n) is 1.85. The average molecular weight is 198 g/mol. The largest absolute Gasteiger partial charge is 0.478 e. The lowest BCUT2D eigenvalue weighted by atomic mass is 10.2. The Labute approximate surface area is 82.3 Å². The first-order valence-electron chi connectivity index (χ1n) is 4.38. The molecule has 0 unspecified atom stereocenters. The minimum absolute atomic E-state index is 0.0755. The molecule has 0 aliphatic heterocycles. The Bertz CT molecular complexity index is 331. The van der Waals surface area contributed by atoms with E-state index in [1.165, 1.54) is 10.9 Å².